The summed E-state index contributed by atoms with van der Waals surface area (Å²) >= 11 is 1.17. The molecule has 0 aliphatic rings. The summed E-state index contributed by atoms with van der Waals surface area (Å²) in [5.74, 6) is 5.49. The van der Waals surface area contributed by atoms with E-state index in [-0.39, 0.29) is 5.75 Å². The lowest BCUT2D eigenvalue weighted by atomic mass is 10.2. The number of rotatable bonds is 5. The molecule has 0 aliphatic heterocycles. The van der Waals surface area contributed by atoms with E-state index in [1.807, 2.05) is 30.3 Å². The summed E-state index contributed by atoms with van der Waals surface area (Å²) in [6, 6.07) is 9.10. The Bertz CT molecular complexity index is 657. The molecule has 0 bridgehead atoms. The maximum absolute atomic E-state index is 11.6. The van der Waals surface area contributed by atoms with Gasteiger partial charge in [0, 0.05) is 12.1 Å². The Morgan fingerprint density at radius 2 is 2.05 bits per heavy atom. The number of carbonyl (C=O) groups is 2. The Morgan fingerprint density at radius 1 is 1.32 bits per heavy atom. The van der Waals surface area contributed by atoms with Crippen molar-refractivity contribution in [3.8, 4) is 11.3 Å². The van der Waals surface area contributed by atoms with Crippen molar-refractivity contribution < 1.29 is 9.59 Å². The Balaban J connectivity index is 1.95. The quantitative estimate of drug-likeness (QED) is 0.568. The van der Waals surface area contributed by atoms with Crippen LogP contribution in [0.1, 0.15) is 6.92 Å². The molecule has 0 atom stereocenters. The van der Waals surface area contributed by atoms with Crippen molar-refractivity contribution in [2.75, 3.05) is 18.1 Å². The van der Waals surface area contributed by atoms with Gasteiger partial charge in [0.1, 0.15) is 0 Å². The van der Waals surface area contributed by atoms with Gasteiger partial charge in [-0.05, 0) is 6.92 Å². The predicted molar refractivity (Wildman–Crippen MR) is 85.8 cm³/mol. The minimum Gasteiger partial charge on any atom is -0.338 e. The van der Waals surface area contributed by atoms with Crippen LogP contribution in [0.4, 0.5) is 4.79 Å². The predicted octanol–water partition coefficient (Wildman–Crippen LogP) is 1.20. The molecule has 4 N–H and O–H groups in total. The molecular formula is C14H17N5O2S. The molecule has 116 valence electrons. The largest absolute Gasteiger partial charge is 0.338 e. The summed E-state index contributed by atoms with van der Waals surface area (Å²) in [5.41, 5.74) is 1.68. The lowest BCUT2D eigenvalue weighted by molar-refractivity contribution is -0.117. The number of nitrogens with two attached hydrogens (primary N) is 1. The van der Waals surface area contributed by atoms with E-state index in [1.54, 1.807) is 13.1 Å². The first-order valence-corrected chi connectivity index (χ1v) is 7.69. The minimum atomic E-state index is -0.505. The molecule has 0 aliphatic carbocycles. The summed E-state index contributed by atoms with van der Waals surface area (Å²) in [6.07, 6.45) is 1.69. The van der Waals surface area contributed by atoms with Crippen molar-refractivity contribution in [2.24, 2.45) is 0 Å². The lowest BCUT2D eigenvalue weighted by Crippen LogP contribution is -2.40. The smallest absolute Gasteiger partial charge is 0.321 e. The number of hydrogen-bond donors (Lipinski definition) is 3. The normalized spacial score (nSPS) is 10.2. The Kier molecular flexibility index (Phi) is 5.42. The van der Waals surface area contributed by atoms with Crippen molar-refractivity contribution in [2.45, 2.75) is 12.1 Å². The van der Waals surface area contributed by atoms with Crippen molar-refractivity contribution in [3.05, 3.63) is 36.5 Å². The van der Waals surface area contributed by atoms with Gasteiger partial charge < -0.3 is 11.2 Å². The number of thioether (sulfide) groups is 1. The van der Waals surface area contributed by atoms with Gasteiger partial charge in [0.2, 0.25) is 5.91 Å². The summed E-state index contributed by atoms with van der Waals surface area (Å²) < 4.78 is 1.37. The second kappa shape index (κ2) is 7.51. The molecule has 22 heavy (non-hydrogen) atoms. The van der Waals surface area contributed by atoms with Crippen LogP contribution < -0.4 is 16.5 Å². The van der Waals surface area contributed by atoms with E-state index in [0.717, 1.165) is 11.3 Å². The van der Waals surface area contributed by atoms with Crippen LogP contribution in [0.5, 0.6) is 0 Å². The van der Waals surface area contributed by atoms with Gasteiger partial charge in [-0.25, -0.2) is 14.5 Å². The van der Waals surface area contributed by atoms with Crippen LogP contribution in [0.15, 0.2) is 41.7 Å². The molecule has 3 amide bonds. The maximum atomic E-state index is 11.6. The van der Waals surface area contributed by atoms with Crippen LogP contribution in [0, 0.1) is 0 Å². The molecule has 8 heteroatoms. The Labute approximate surface area is 132 Å². The SMILES string of the molecule is CCNC(=O)NC(=O)CSc1nc(-c2ccccc2)cn1N. The summed E-state index contributed by atoms with van der Waals surface area (Å²) in [6.45, 7) is 2.23. The van der Waals surface area contributed by atoms with Crippen LogP contribution in [0.3, 0.4) is 0 Å². The fraction of sp³-hybridized carbons (Fsp3) is 0.214. The zero-order valence-electron chi connectivity index (χ0n) is 12.1. The van der Waals surface area contributed by atoms with E-state index < -0.39 is 11.9 Å². The molecule has 1 aromatic heterocycles. The van der Waals surface area contributed by atoms with Crippen LogP contribution in [-0.4, -0.2) is 33.9 Å². The number of nitrogen functional groups attached to an aromatic ring is 1. The van der Waals surface area contributed by atoms with Gasteiger partial charge in [0.25, 0.3) is 0 Å². The summed E-state index contributed by atoms with van der Waals surface area (Å²) in [4.78, 5) is 27.2. The third kappa shape index (κ3) is 4.26. The molecule has 1 heterocycles. The van der Waals surface area contributed by atoms with Crippen molar-refractivity contribution >= 4 is 23.7 Å². The van der Waals surface area contributed by atoms with Gasteiger partial charge in [-0.1, -0.05) is 42.1 Å². The third-order valence-electron chi connectivity index (χ3n) is 2.69. The first-order valence-electron chi connectivity index (χ1n) is 6.70. The number of imidazole rings is 1. The second-order valence-corrected chi connectivity index (χ2v) is 5.32. The molecule has 0 saturated carbocycles. The van der Waals surface area contributed by atoms with Crippen LogP contribution in [-0.2, 0) is 4.79 Å². The Hall–Kier alpha value is -2.48. The van der Waals surface area contributed by atoms with Gasteiger partial charge in [0.05, 0.1) is 17.6 Å². The van der Waals surface area contributed by atoms with Crippen molar-refractivity contribution in [3.63, 3.8) is 0 Å². The van der Waals surface area contributed by atoms with Crippen molar-refractivity contribution in [1.29, 1.82) is 0 Å². The topological polar surface area (TPSA) is 102 Å². The van der Waals surface area contributed by atoms with E-state index in [4.69, 9.17) is 5.84 Å². The Morgan fingerprint density at radius 3 is 2.73 bits per heavy atom. The van der Waals surface area contributed by atoms with Crippen LogP contribution in [0.25, 0.3) is 11.3 Å². The number of nitrogens with zero attached hydrogens (tertiary/aromatic N) is 2. The number of benzene rings is 1. The van der Waals surface area contributed by atoms with Crippen LogP contribution in [0.2, 0.25) is 0 Å². The van der Waals surface area contributed by atoms with Gasteiger partial charge in [-0.15, -0.1) is 0 Å². The first-order chi connectivity index (χ1) is 10.6. The number of nitrogens with one attached hydrogen (secondary N) is 2. The second-order valence-electron chi connectivity index (χ2n) is 4.38. The molecule has 0 spiro atoms. The highest BCUT2D eigenvalue weighted by molar-refractivity contribution is 7.99. The fourth-order valence-electron chi connectivity index (χ4n) is 1.73. The molecule has 0 fully saturated rings. The number of carbonyl (C=O) groups excluding carboxylic acids is 2. The minimum absolute atomic E-state index is 0.0551. The number of urea groups is 1. The summed E-state index contributed by atoms with van der Waals surface area (Å²) in [5, 5.41) is 5.21. The van der Waals surface area contributed by atoms with Gasteiger partial charge >= 0.3 is 6.03 Å². The zero-order valence-corrected chi connectivity index (χ0v) is 12.9. The molecule has 2 aromatic rings. The van der Waals surface area contributed by atoms with Crippen molar-refractivity contribution in [1.82, 2.24) is 20.3 Å². The van der Waals surface area contributed by atoms with E-state index >= 15 is 0 Å². The van der Waals surface area contributed by atoms with E-state index in [1.165, 1.54) is 16.4 Å². The highest BCUT2D eigenvalue weighted by atomic mass is 32.2. The standard InChI is InChI=1S/C14H17N5O2S/c1-2-16-13(21)18-12(20)9-22-14-17-11(8-19(14)15)10-6-4-3-5-7-10/h3-8H,2,9,15H2,1H3,(H2,16,18,20,21). The van der Waals surface area contributed by atoms with E-state index in [2.05, 4.69) is 15.6 Å². The average molecular weight is 319 g/mol. The highest BCUT2D eigenvalue weighted by Crippen LogP contribution is 2.22. The first kappa shape index (κ1) is 15.9. The number of amides is 3. The molecule has 2 rings (SSSR count). The fourth-order valence-corrected chi connectivity index (χ4v) is 2.43. The zero-order chi connectivity index (χ0) is 15.9. The lowest BCUT2D eigenvalue weighted by Gasteiger charge is -2.04. The molecule has 0 unspecified atom stereocenters. The summed E-state index contributed by atoms with van der Waals surface area (Å²) in [7, 11) is 0. The maximum Gasteiger partial charge on any atom is 0.321 e. The van der Waals surface area contributed by atoms with Gasteiger partial charge in [-0.2, -0.15) is 0 Å². The third-order valence-corrected chi connectivity index (χ3v) is 3.66. The highest BCUT2D eigenvalue weighted by Gasteiger charge is 2.12. The molecule has 0 saturated heterocycles. The molecule has 7 nitrogen and oxygen atoms in total. The number of hydrogen-bond acceptors (Lipinski definition) is 5. The van der Waals surface area contributed by atoms with E-state index in [9.17, 15) is 9.59 Å². The van der Waals surface area contributed by atoms with Crippen LogP contribution >= 0.6 is 11.8 Å². The number of imide groups is 1. The average Bonchev–Trinajstić information content (AvgIpc) is 2.87. The molecule has 1 aromatic carbocycles. The molecular weight excluding hydrogens is 302 g/mol. The monoisotopic (exact) mass is 319 g/mol. The molecule has 0 radical (unpaired) electrons. The van der Waals surface area contributed by atoms with Gasteiger partial charge in [-0.3, -0.25) is 10.1 Å². The van der Waals surface area contributed by atoms with Gasteiger partial charge in [0.15, 0.2) is 5.16 Å². The van der Waals surface area contributed by atoms with E-state index in [0.29, 0.717) is 11.7 Å². The number of aromatic nitrogens is 2.